The molecule has 1 saturated carbocycles. The van der Waals surface area contributed by atoms with Gasteiger partial charge in [-0.25, -0.2) is 27.1 Å². The minimum Gasteiger partial charge on any atom is -0.497 e. The lowest BCUT2D eigenvalue weighted by Crippen LogP contribution is -2.55. The number of amides is 1. The average Bonchev–Trinajstić information content (AvgIpc) is 3.13. The third-order valence-corrected chi connectivity index (χ3v) is 11.7. The zero-order valence-electron chi connectivity index (χ0n) is 29.1. The normalized spacial score (nSPS) is 19.4. The van der Waals surface area contributed by atoms with Crippen LogP contribution in [0.15, 0.2) is 78.1 Å². The first-order valence-electron chi connectivity index (χ1n) is 16.7. The Kier molecular flexibility index (Phi) is 10.5. The van der Waals surface area contributed by atoms with Crippen molar-refractivity contribution in [3.8, 4) is 11.5 Å². The van der Waals surface area contributed by atoms with Gasteiger partial charge in [0, 0.05) is 36.4 Å². The first kappa shape index (κ1) is 37.0. The number of aryl methyl sites for hydroxylation is 1. The molecule has 2 heterocycles. The van der Waals surface area contributed by atoms with Crippen LogP contribution in [-0.2, 0) is 34.0 Å². The van der Waals surface area contributed by atoms with E-state index in [2.05, 4.69) is 9.97 Å². The van der Waals surface area contributed by atoms with Crippen LogP contribution in [0.3, 0.4) is 0 Å². The number of halogens is 4. The van der Waals surface area contributed by atoms with Crippen molar-refractivity contribution in [3.63, 3.8) is 0 Å². The molecular weight excluding hydrogens is 702 g/mol. The smallest absolute Gasteiger partial charge is 0.416 e. The van der Waals surface area contributed by atoms with Crippen LogP contribution in [0.5, 0.6) is 11.5 Å². The molecule has 1 fully saturated rings. The van der Waals surface area contributed by atoms with Crippen molar-refractivity contribution in [1.82, 2.24) is 14.9 Å². The van der Waals surface area contributed by atoms with Crippen LogP contribution >= 0.6 is 0 Å². The van der Waals surface area contributed by atoms with Crippen molar-refractivity contribution in [3.05, 3.63) is 101 Å². The fourth-order valence-electron chi connectivity index (χ4n) is 7.30. The minimum atomic E-state index is -4.60. The average molecular weight is 742 g/mol. The fraction of sp³-hybridized carbons (Fsp3) is 0.378. The van der Waals surface area contributed by atoms with Crippen LogP contribution in [0.4, 0.5) is 29.1 Å². The van der Waals surface area contributed by atoms with Crippen LogP contribution in [0, 0.1) is 5.82 Å². The highest BCUT2D eigenvalue weighted by molar-refractivity contribution is 7.92. The molecule has 15 heteroatoms. The summed E-state index contributed by atoms with van der Waals surface area (Å²) in [6, 6.07) is 13.4. The number of hydrogen-bond donors (Lipinski definition) is 0. The molecule has 3 aromatic carbocycles. The highest BCUT2D eigenvalue weighted by atomic mass is 32.2. The summed E-state index contributed by atoms with van der Waals surface area (Å²) in [5, 5.41) is 0. The van der Waals surface area contributed by atoms with Gasteiger partial charge in [-0.1, -0.05) is 18.2 Å². The van der Waals surface area contributed by atoms with Crippen molar-refractivity contribution < 1.29 is 40.2 Å². The third kappa shape index (κ3) is 7.29. The summed E-state index contributed by atoms with van der Waals surface area (Å²) in [4.78, 5) is 24.6. The third-order valence-electron chi connectivity index (χ3n) is 9.93. The van der Waals surface area contributed by atoms with E-state index in [1.165, 1.54) is 51.0 Å². The van der Waals surface area contributed by atoms with Crippen molar-refractivity contribution in [2.45, 2.75) is 67.7 Å². The molecule has 3 atom stereocenters. The number of fused-ring (bicyclic) bond motifs is 1. The molecule has 1 amide bonds. The van der Waals surface area contributed by atoms with E-state index in [1.807, 2.05) is 19.0 Å². The molecular formula is C37H39F4N5O5S. The molecule has 6 rings (SSSR count). The second-order valence-electron chi connectivity index (χ2n) is 13.2. The predicted molar refractivity (Wildman–Crippen MR) is 186 cm³/mol. The molecule has 4 aromatic rings. The van der Waals surface area contributed by atoms with E-state index in [9.17, 15) is 26.4 Å². The Hall–Kier alpha value is -4.76. The first-order valence-corrected chi connectivity index (χ1v) is 18.1. The first-order chi connectivity index (χ1) is 24.7. The number of rotatable bonds is 10. The number of methoxy groups -OCH3 is 2. The fourth-order valence-corrected chi connectivity index (χ4v) is 8.80. The molecule has 0 saturated heterocycles. The van der Waals surface area contributed by atoms with E-state index in [0.717, 1.165) is 16.4 Å². The van der Waals surface area contributed by atoms with Gasteiger partial charge < -0.3 is 19.3 Å². The van der Waals surface area contributed by atoms with Gasteiger partial charge in [0.05, 0.1) is 38.1 Å². The van der Waals surface area contributed by atoms with Crippen molar-refractivity contribution in [1.29, 1.82) is 0 Å². The quantitative estimate of drug-likeness (QED) is 0.168. The molecule has 1 aliphatic carbocycles. The Morgan fingerprint density at radius 2 is 1.77 bits per heavy atom. The van der Waals surface area contributed by atoms with Crippen LogP contribution in [-0.4, -0.2) is 69.6 Å². The number of anilines is 2. The van der Waals surface area contributed by atoms with Crippen molar-refractivity contribution in [2.24, 2.45) is 0 Å². The summed E-state index contributed by atoms with van der Waals surface area (Å²) >= 11 is 0. The second-order valence-corrected chi connectivity index (χ2v) is 15.0. The summed E-state index contributed by atoms with van der Waals surface area (Å²) in [6.07, 6.45) is -0.206. The SMILES string of the molecule is COc1ccc(CN(c2ccncn2)S(=O)(=O)c2cc3c(cc2F)N([C@H]2CC[C@H](c4cccc(C(F)(F)F)c4)C[C@@H]2N(C)C)C(=O)CC3)c(OC)c1. The zero-order valence-corrected chi connectivity index (χ0v) is 29.9. The summed E-state index contributed by atoms with van der Waals surface area (Å²) in [5.41, 5.74) is 1.11. The number of aromatic nitrogens is 2. The van der Waals surface area contributed by atoms with E-state index < -0.39 is 38.5 Å². The molecule has 0 unspecified atom stereocenters. The monoisotopic (exact) mass is 741 g/mol. The Labute approximate surface area is 300 Å². The zero-order chi connectivity index (χ0) is 37.4. The summed E-state index contributed by atoms with van der Waals surface area (Å²) in [7, 11) is 2.02. The van der Waals surface area contributed by atoms with E-state index >= 15 is 4.39 Å². The van der Waals surface area contributed by atoms with Gasteiger partial charge in [-0.15, -0.1) is 0 Å². The molecule has 10 nitrogen and oxygen atoms in total. The summed E-state index contributed by atoms with van der Waals surface area (Å²) < 4.78 is 97.5. The minimum absolute atomic E-state index is 0.00755. The standard InChI is InChI=1S/C37H39F4N5O5S/c1-44(2)32-17-24(23-6-5-7-27(16-23)37(39,40)41)9-12-30(32)46-31-20-29(38)34(18-25(31)10-13-36(46)47)52(48,49)45(35-14-15-42-22-43-35)21-26-8-11-28(50-3)19-33(26)51-4/h5-8,11,14-16,18-20,22,24,30,32H,9-10,12-13,17,21H2,1-4H3/t24-,30-,32-/m0/s1. The maximum atomic E-state index is 16.4. The number of likely N-dealkylation sites (N-methyl/N-ethyl adjacent to an activating group) is 1. The molecule has 1 aromatic heterocycles. The van der Waals surface area contributed by atoms with Gasteiger partial charge in [0.1, 0.15) is 34.4 Å². The second kappa shape index (κ2) is 14.7. The maximum Gasteiger partial charge on any atom is 0.416 e. The highest BCUT2D eigenvalue weighted by Crippen LogP contribution is 2.43. The van der Waals surface area contributed by atoms with Crippen LogP contribution in [0.25, 0.3) is 0 Å². The Balaban J connectivity index is 1.35. The van der Waals surface area contributed by atoms with Gasteiger partial charge in [0.25, 0.3) is 10.0 Å². The molecule has 276 valence electrons. The molecule has 0 spiro atoms. The number of sulfonamides is 1. The number of alkyl halides is 3. The van der Waals surface area contributed by atoms with Crippen LogP contribution in [0.1, 0.15) is 53.9 Å². The number of benzene rings is 3. The molecule has 2 aliphatic rings. The van der Waals surface area contributed by atoms with Gasteiger partial charge >= 0.3 is 6.18 Å². The molecule has 52 heavy (non-hydrogen) atoms. The van der Waals surface area contributed by atoms with Crippen molar-refractivity contribution in [2.75, 3.05) is 37.5 Å². The lowest BCUT2D eigenvalue weighted by molar-refractivity contribution is -0.137. The summed E-state index contributed by atoms with van der Waals surface area (Å²) in [5.74, 6) is -0.603. The summed E-state index contributed by atoms with van der Waals surface area (Å²) in [6.45, 7) is -0.257. The van der Waals surface area contributed by atoms with Crippen molar-refractivity contribution >= 4 is 27.4 Å². The number of carbonyl (C=O) groups excluding carboxylic acids is 1. The predicted octanol–water partition coefficient (Wildman–Crippen LogP) is 6.59. The Bertz CT molecular complexity index is 2050. The topological polar surface area (TPSA) is 105 Å². The van der Waals surface area contributed by atoms with Gasteiger partial charge in [-0.2, -0.15) is 13.2 Å². The van der Waals surface area contributed by atoms with Gasteiger partial charge in [0.2, 0.25) is 5.91 Å². The maximum absolute atomic E-state index is 16.4. The van der Waals surface area contributed by atoms with E-state index in [4.69, 9.17) is 9.47 Å². The molecule has 0 bridgehead atoms. The highest BCUT2D eigenvalue weighted by Gasteiger charge is 2.42. The van der Waals surface area contributed by atoms with Crippen LogP contribution < -0.4 is 18.7 Å². The Morgan fingerprint density at radius 1 is 0.981 bits per heavy atom. The molecule has 1 aliphatic heterocycles. The van der Waals surface area contributed by atoms with Gasteiger partial charge in [-0.05, 0) is 87.2 Å². The largest absolute Gasteiger partial charge is 0.497 e. The van der Waals surface area contributed by atoms with Crippen LogP contribution in [0.2, 0.25) is 0 Å². The number of ether oxygens (including phenoxy) is 2. The van der Waals surface area contributed by atoms with E-state index in [-0.39, 0.29) is 48.8 Å². The lowest BCUT2D eigenvalue weighted by Gasteiger charge is -2.47. The van der Waals surface area contributed by atoms with E-state index in [0.29, 0.717) is 47.5 Å². The number of nitrogens with zero attached hydrogens (tertiary/aromatic N) is 5. The number of hydrogen-bond acceptors (Lipinski definition) is 8. The lowest BCUT2D eigenvalue weighted by atomic mass is 9.76. The van der Waals surface area contributed by atoms with Gasteiger partial charge in [-0.3, -0.25) is 4.79 Å². The van der Waals surface area contributed by atoms with Gasteiger partial charge in [0.15, 0.2) is 0 Å². The van der Waals surface area contributed by atoms with E-state index in [1.54, 1.807) is 29.2 Å². The molecule has 0 radical (unpaired) electrons. The Morgan fingerprint density at radius 3 is 2.44 bits per heavy atom. The molecule has 0 N–H and O–H groups in total. The number of carbonyl (C=O) groups is 1.